The second-order valence-corrected chi connectivity index (χ2v) is 4.64. The lowest BCUT2D eigenvalue weighted by Crippen LogP contribution is -2.30. The minimum Gasteiger partial charge on any atom is -0.493 e. The number of ether oxygens (including phenoxy) is 1. The maximum Gasteiger partial charge on any atom is 0.225 e. The molecule has 1 aromatic carbocycles. The van der Waals surface area contributed by atoms with Crippen LogP contribution in [0.15, 0.2) is 24.3 Å². The Morgan fingerprint density at radius 2 is 2.15 bits per heavy atom. The van der Waals surface area contributed by atoms with Gasteiger partial charge in [-0.05, 0) is 31.0 Å². The lowest BCUT2D eigenvalue weighted by atomic mass is 10.1. The number of carbonyl (C=O) groups excluding carboxylic acids is 1. The van der Waals surface area contributed by atoms with Gasteiger partial charge in [0.1, 0.15) is 5.75 Å². The predicted octanol–water partition coefficient (Wildman–Crippen LogP) is 0.797. The summed E-state index contributed by atoms with van der Waals surface area (Å²) in [4.78, 5) is 13.5. The molecule has 0 unspecified atom stereocenters. The Bertz CT molecular complexity index is 410. The van der Waals surface area contributed by atoms with Crippen LogP contribution in [0.4, 0.5) is 0 Å². The molecule has 5 nitrogen and oxygen atoms in total. The first-order valence-corrected chi connectivity index (χ1v) is 6.94. The normalized spacial score (nSPS) is 10.3. The van der Waals surface area contributed by atoms with Gasteiger partial charge >= 0.3 is 0 Å². The lowest BCUT2D eigenvalue weighted by molar-refractivity contribution is -0.130. The first kappa shape index (κ1) is 16.5. The Kier molecular flexibility index (Phi) is 7.69. The minimum absolute atomic E-state index is 0.0538. The SMILES string of the molecule is CN(CCCN)C(=O)CCOc1ccccc1CCO. The number of nitrogens with two attached hydrogens (primary N) is 1. The number of rotatable bonds is 9. The zero-order chi connectivity index (χ0) is 14.8. The predicted molar refractivity (Wildman–Crippen MR) is 78.7 cm³/mol. The number of carbonyl (C=O) groups is 1. The molecule has 0 radical (unpaired) electrons. The second kappa shape index (κ2) is 9.34. The molecule has 0 fully saturated rings. The molecule has 112 valence electrons. The minimum atomic E-state index is 0.0538. The van der Waals surface area contributed by atoms with Crippen molar-refractivity contribution < 1.29 is 14.6 Å². The van der Waals surface area contributed by atoms with Crippen molar-refractivity contribution in [3.8, 4) is 5.75 Å². The van der Waals surface area contributed by atoms with Gasteiger partial charge in [-0.1, -0.05) is 18.2 Å². The Labute approximate surface area is 120 Å². The monoisotopic (exact) mass is 280 g/mol. The van der Waals surface area contributed by atoms with Gasteiger partial charge in [0, 0.05) is 20.2 Å². The van der Waals surface area contributed by atoms with E-state index in [2.05, 4.69) is 0 Å². The number of hydrogen-bond donors (Lipinski definition) is 2. The van der Waals surface area contributed by atoms with E-state index in [0.29, 0.717) is 32.5 Å². The third-order valence-electron chi connectivity index (χ3n) is 3.05. The molecular formula is C15H24N2O3. The largest absolute Gasteiger partial charge is 0.493 e. The Morgan fingerprint density at radius 1 is 1.40 bits per heavy atom. The fourth-order valence-electron chi connectivity index (χ4n) is 1.86. The third-order valence-corrected chi connectivity index (χ3v) is 3.05. The average molecular weight is 280 g/mol. The van der Waals surface area contributed by atoms with Crippen molar-refractivity contribution in [3.63, 3.8) is 0 Å². The van der Waals surface area contributed by atoms with Crippen LogP contribution in [-0.2, 0) is 11.2 Å². The molecule has 0 bridgehead atoms. The molecule has 0 aliphatic heterocycles. The van der Waals surface area contributed by atoms with Crippen LogP contribution in [0.2, 0.25) is 0 Å². The fraction of sp³-hybridized carbons (Fsp3) is 0.533. The quantitative estimate of drug-likeness (QED) is 0.701. The van der Waals surface area contributed by atoms with E-state index in [0.717, 1.165) is 17.7 Å². The topological polar surface area (TPSA) is 75.8 Å². The van der Waals surface area contributed by atoms with Gasteiger partial charge in [0.15, 0.2) is 0 Å². The van der Waals surface area contributed by atoms with Gasteiger partial charge < -0.3 is 20.5 Å². The molecule has 5 heteroatoms. The van der Waals surface area contributed by atoms with Gasteiger partial charge in [-0.15, -0.1) is 0 Å². The molecule has 0 aromatic heterocycles. The zero-order valence-corrected chi connectivity index (χ0v) is 12.0. The van der Waals surface area contributed by atoms with E-state index in [4.69, 9.17) is 15.6 Å². The van der Waals surface area contributed by atoms with Gasteiger partial charge in [0.25, 0.3) is 0 Å². The highest BCUT2D eigenvalue weighted by atomic mass is 16.5. The van der Waals surface area contributed by atoms with E-state index in [1.165, 1.54) is 0 Å². The van der Waals surface area contributed by atoms with E-state index in [9.17, 15) is 4.79 Å². The number of benzene rings is 1. The van der Waals surface area contributed by atoms with Crippen molar-refractivity contribution in [2.24, 2.45) is 5.73 Å². The molecule has 1 rings (SSSR count). The standard InChI is InChI=1S/C15H24N2O3/c1-17(10-4-9-16)15(19)8-12-20-14-6-3-2-5-13(14)7-11-18/h2-3,5-6,18H,4,7-12,16H2,1H3. The van der Waals surface area contributed by atoms with E-state index in [-0.39, 0.29) is 12.5 Å². The highest BCUT2D eigenvalue weighted by Crippen LogP contribution is 2.18. The first-order chi connectivity index (χ1) is 9.69. The van der Waals surface area contributed by atoms with Crippen LogP contribution < -0.4 is 10.5 Å². The van der Waals surface area contributed by atoms with Gasteiger partial charge in [-0.3, -0.25) is 4.79 Å². The van der Waals surface area contributed by atoms with Gasteiger partial charge in [-0.25, -0.2) is 0 Å². The Balaban J connectivity index is 2.38. The summed E-state index contributed by atoms with van der Waals surface area (Å²) in [6.07, 6.45) is 1.71. The Morgan fingerprint density at radius 3 is 2.85 bits per heavy atom. The summed E-state index contributed by atoms with van der Waals surface area (Å²) >= 11 is 0. The molecule has 0 atom stereocenters. The number of nitrogens with zero attached hydrogens (tertiary/aromatic N) is 1. The van der Waals surface area contributed by atoms with E-state index in [1.807, 2.05) is 24.3 Å². The molecular weight excluding hydrogens is 256 g/mol. The Hall–Kier alpha value is -1.59. The molecule has 0 saturated heterocycles. The molecule has 0 aliphatic carbocycles. The second-order valence-electron chi connectivity index (χ2n) is 4.64. The van der Waals surface area contributed by atoms with Crippen LogP contribution in [0, 0.1) is 0 Å². The number of amides is 1. The maximum absolute atomic E-state index is 11.8. The average Bonchev–Trinajstić information content (AvgIpc) is 2.46. The summed E-state index contributed by atoms with van der Waals surface area (Å²) in [7, 11) is 1.78. The number of aliphatic hydroxyl groups excluding tert-OH is 1. The van der Waals surface area contributed by atoms with Crippen LogP contribution in [0.25, 0.3) is 0 Å². The lowest BCUT2D eigenvalue weighted by Gasteiger charge is -2.17. The van der Waals surface area contributed by atoms with Crippen molar-refractivity contribution >= 4 is 5.91 Å². The molecule has 0 aliphatic rings. The van der Waals surface area contributed by atoms with E-state index in [1.54, 1.807) is 11.9 Å². The molecule has 0 saturated carbocycles. The first-order valence-electron chi connectivity index (χ1n) is 6.94. The van der Waals surface area contributed by atoms with Crippen molar-refractivity contribution in [3.05, 3.63) is 29.8 Å². The van der Waals surface area contributed by atoms with Gasteiger partial charge in [0.05, 0.1) is 13.0 Å². The van der Waals surface area contributed by atoms with Crippen molar-refractivity contribution in [1.29, 1.82) is 0 Å². The highest BCUT2D eigenvalue weighted by Gasteiger charge is 2.09. The zero-order valence-electron chi connectivity index (χ0n) is 12.0. The van der Waals surface area contributed by atoms with Crippen molar-refractivity contribution in [2.75, 3.05) is 33.4 Å². The smallest absolute Gasteiger partial charge is 0.225 e. The van der Waals surface area contributed by atoms with E-state index >= 15 is 0 Å². The summed E-state index contributed by atoms with van der Waals surface area (Å²) in [6.45, 7) is 1.69. The van der Waals surface area contributed by atoms with Crippen molar-refractivity contribution in [2.45, 2.75) is 19.3 Å². The summed E-state index contributed by atoms with van der Waals surface area (Å²) in [5.74, 6) is 0.789. The molecule has 3 N–H and O–H groups in total. The van der Waals surface area contributed by atoms with Crippen LogP contribution in [0.1, 0.15) is 18.4 Å². The van der Waals surface area contributed by atoms with Crippen LogP contribution in [0.3, 0.4) is 0 Å². The molecule has 1 amide bonds. The summed E-state index contributed by atoms with van der Waals surface area (Å²) in [5.41, 5.74) is 6.37. The summed E-state index contributed by atoms with van der Waals surface area (Å²) in [6, 6.07) is 7.56. The third kappa shape index (κ3) is 5.59. The molecule has 1 aromatic rings. The van der Waals surface area contributed by atoms with Crippen molar-refractivity contribution in [1.82, 2.24) is 4.90 Å². The summed E-state index contributed by atoms with van der Waals surface area (Å²) in [5, 5.41) is 8.99. The fourth-order valence-corrected chi connectivity index (χ4v) is 1.86. The van der Waals surface area contributed by atoms with Gasteiger partial charge in [-0.2, -0.15) is 0 Å². The van der Waals surface area contributed by atoms with Crippen LogP contribution in [0.5, 0.6) is 5.75 Å². The highest BCUT2D eigenvalue weighted by molar-refractivity contribution is 5.75. The summed E-state index contributed by atoms with van der Waals surface area (Å²) < 4.78 is 5.63. The number of para-hydroxylation sites is 1. The van der Waals surface area contributed by atoms with Crippen LogP contribution >= 0.6 is 0 Å². The molecule has 20 heavy (non-hydrogen) atoms. The molecule has 0 spiro atoms. The molecule has 0 heterocycles. The van der Waals surface area contributed by atoms with Gasteiger partial charge in [0.2, 0.25) is 5.91 Å². The van der Waals surface area contributed by atoms with Crippen LogP contribution in [-0.4, -0.2) is 49.3 Å². The maximum atomic E-state index is 11.8. The number of hydrogen-bond acceptors (Lipinski definition) is 4. The number of aliphatic hydroxyl groups is 1. The van der Waals surface area contributed by atoms with E-state index < -0.39 is 0 Å².